The number of hydrogen-bond donors (Lipinski definition) is 1. The molecule has 2 aromatic rings. The first-order chi connectivity index (χ1) is 12.6. The first-order valence-corrected chi connectivity index (χ1v) is 9.31. The van der Waals surface area contributed by atoms with E-state index in [0.717, 1.165) is 25.1 Å². The summed E-state index contributed by atoms with van der Waals surface area (Å²) >= 11 is 0. The van der Waals surface area contributed by atoms with Crippen molar-refractivity contribution in [2.75, 3.05) is 13.1 Å². The predicted octanol–water partition coefficient (Wildman–Crippen LogP) is 3.07. The lowest BCUT2D eigenvalue weighted by Gasteiger charge is -2.38. The number of fused-ring (bicyclic) bond motifs is 1. The second-order valence-corrected chi connectivity index (χ2v) is 7.28. The number of piperidine rings is 1. The van der Waals surface area contributed by atoms with Crippen LogP contribution < -0.4 is 4.74 Å². The number of pyridine rings is 1. The molecule has 2 heterocycles. The molecule has 136 valence electrons. The average molecular weight is 352 g/mol. The van der Waals surface area contributed by atoms with Crippen molar-refractivity contribution in [1.29, 1.82) is 0 Å². The SMILES string of the molecule is O=C(O)C1(Oc2ccc3c(c2)CCC3)CCN(Cc2ccccn2)CC1. The van der Waals surface area contributed by atoms with E-state index in [9.17, 15) is 9.90 Å². The summed E-state index contributed by atoms with van der Waals surface area (Å²) in [5.41, 5.74) is 2.55. The highest BCUT2D eigenvalue weighted by Crippen LogP contribution is 2.32. The lowest BCUT2D eigenvalue weighted by molar-refractivity contribution is -0.159. The number of benzene rings is 1. The van der Waals surface area contributed by atoms with Gasteiger partial charge in [0, 0.05) is 38.7 Å². The van der Waals surface area contributed by atoms with Gasteiger partial charge >= 0.3 is 5.97 Å². The summed E-state index contributed by atoms with van der Waals surface area (Å²) in [4.78, 5) is 18.6. The average Bonchev–Trinajstić information content (AvgIpc) is 3.12. The standard InChI is InChI=1S/C21H24N2O3/c24-20(25)21(26-19-8-7-16-4-3-5-17(16)14-19)9-12-23(13-10-21)15-18-6-1-2-11-22-18/h1-2,6-8,11,14H,3-5,9-10,12-13,15H2,(H,24,25). The first-order valence-electron chi connectivity index (χ1n) is 9.31. The van der Waals surface area contributed by atoms with E-state index in [0.29, 0.717) is 31.7 Å². The summed E-state index contributed by atoms with van der Waals surface area (Å²) in [5.74, 6) is -0.179. The van der Waals surface area contributed by atoms with E-state index in [4.69, 9.17) is 4.74 Å². The fourth-order valence-electron chi connectivity index (χ4n) is 3.99. The number of aryl methyl sites for hydroxylation is 2. The largest absolute Gasteiger partial charge is 0.478 e. The molecule has 5 heteroatoms. The molecule has 1 aromatic heterocycles. The number of ether oxygens (including phenoxy) is 1. The Morgan fingerprint density at radius 3 is 2.69 bits per heavy atom. The number of rotatable bonds is 5. The molecule has 0 unspecified atom stereocenters. The van der Waals surface area contributed by atoms with Crippen LogP contribution in [-0.4, -0.2) is 39.7 Å². The number of aromatic nitrogens is 1. The van der Waals surface area contributed by atoms with E-state index in [-0.39, 0.29) is 0 Å². The summed E-state index contributed by atoms with van der Waals surface area (Å²) in [5, 5.41) is 9.86. The van der Waals surface area contributed by atoms with Crippen molar-refractivity contribution in [3.63, 3.8) is 0 Å². The summed E-state index contributed by atoms with van der Waals surface area (Å²) in [7, 11) is 0. The van der Waals surface area contributed by atoms with Gasteiger partial charge < -0.3 is 9.84 Å². The van der Waals surface area contributed by atoms with Crippen LogP contribution in [0.3, 0.4) is 0 Å². The molecule has 2 aliphatic rings. The number of carboxylic acids is 1. The van der Waals surface area contributed by atoms with Crippen LogP contribution in [0.15, 0.2) is 42.6 Å². The summed E-state index contributed by atoms with van der Waals surface area (Å²) in [6.07, 6.45) is 6.09. The van der Waals surface area contributed by atoms with Crippen LogP contribution in [0.5, 0.6) is 5.75 Å². The van der Waals surface area contributed by atoms with Gasteiger partial charge in [0.1, 0.15) is 5.75 Å². The van der Waals surface area contributed by atoms with E-state index in [1.54, 1.807) is 6.20 Å². The third kappa shape index (κ3) is 3.44. The Balaban J connectivity index is 1.44. The Labute approximate surface area is 153 Å². The molecule has 0 atom stereocenters. The Morgan fingerprint density at radius 1 is 1.15 bits per heavy atom. The molecule has 0 saturated carbocycles. The zero-order valence-electron chi connectivity index (χ0n) is 14.9. The van der Waals surface area contributed by atoms with Crippen molar-refractivity contribution >= 4 is 5.97 Å². The van der Waals surface area contributed by atoms with Gasteiger partial charge in [-0.2, -0.15) is 0 Å². The fourth-order valence-corrected chi connectivity index (χ4v) is 3.99. The Kier molecular flexibility index (Phi) is 4.64. The van der Waals surface area contributed by atoms with Gasteiger partial charge in [0.25, 0.3) is 0 Å². The summed E-state index contributed by atoms with van der Waals surface area (Å²) in [6, 6.07) is 11.9. The van der Waals surface area contributed by atoms with E-state index < -0.39 is 11.6 Å². The Bertz CT molecular complexity index is 783. The van der Waals surface area contributed by atoms with Gasteiger partial charge in [-0.05, 0) is 54.7 Å². The van der Waals surface area contributed by atoms with E-state index >= 15 is 0 Å². The van der Waals surface area contributed by atoms with Crippen molar-refractivity contribution in [3.8, 4) is 5.75 Å². The van der Waals surface area contributed by atoms with Crippen LogP contribution in [-0.2, 0) is 24.2 Å². The quantitative estimate of drug-likeness (QED) is 0.896. The smallest absolute Gasteiger partial charge is 0.348 e. The maximum Gasteiger partial charge on any atom is 0.348 e. The number of likely N-dealkylation sites (tertiary alicyclic amines) is 1. The molecule has 5 nitrogen and oxygen atoms in total. The van der Waals surface area contributed by atoms with Gasteiger partial charge in [0.05, 0.1) is 5.69 Å². The van der Waals surface area contributed by atoms with E-state index in [1.165, 1.54) is 17.5 Å². The van der Waals surface area contributed by atoms with Crippen molar-refractivity contribution in [3.05, 3.63) is 59.4 Å². The molecule has 1 aliphatic heterocycles. The maximum atomic E-state index is 12.0. The van der Waals surface area contributed by atoms with Crippen molar-refractivity contribution in [2.24, 2.45) is 0 Å². The van der Waals surface area contributed by atoms with Crippen LogP contribution >= 0.6 is 0 Å². The van der Waals surface area contributed by atoms with E-state index in [1.807, 2.05) is 30.3 Å². The molecule has 26 heavy (non-hydrogen) atoms. The highest BCUT2D eigenvalue weighted by Gasteiger charge is 2.44. The molecule has 1 N–H and O–H groups in total. The highest BCUT2D eigenvalue weighted by atomic mass is 16.5. The zero-order chi connectivity index (χ0) is 18.0. The van der Waals surface area contributed by atoms with Crippen LogP contribution in [0.25, 0.3) is 0 Å². The summed E-state index contributed by atoms with van der Waals surface area (Å²) in [6.45, 7) is 2.12. The third-order valence-corrected chi connectivity index (χ3v) is 5.55. The minimum atomic E-state index is -1.13. The molecule has 1 aromatic carbocycles. The molecule has 0 amide bonds. The minimum Gasteiger partial charge on any atom is -0.478 e. The molecule has 0 spiro atoms. The molecular formula is C21H24N2O3. The second-order valence-electron chi connectivity index (χ2n) is 7.28. The van der Waals surface area contributed by atoms with Crippen molar-refractivity contribution < 1.29 is 14.6 Å². The number of carboxylic acid groups (broad SMARTS) is 1. The topological polar surface area (TPSA) is 62.7 Å². The van der Waals surface area contributed by atoms with Crippen molar-refractivity contribution in [2.45, 2.75) is 44.2 Å². The molecular weight excluding hydrogens is 328 g/mol. The molecule has 1 fully saturated rings. The van der Waals surface area contributed by atoms with Gasteiger partial charge in [0.2, 0.25) is 5.60 Å². The van der Waals surface area contributed by atoms with Crippen LogP contribution in [0.1, 0.15) is 36.1 Å². The Morgan fingerprint density at radius 2 is 1.96 bits per heavy atom. The molecule has 0 radical (unpaired) electrons. The number of carbonyl (C=O) groups is 1. The molecule has 0 bridgehead atoms. The lowest BCUT2D eigenvalue weighted by Crippen LogP contribution is -2.53. The number of aliphatic carboxylic acids is 1. The van der Waals surface area contributed by atoms with E-state index in [2.05, 4.69) is 16.0 Å². The molecule has 1 saturated heterocycles. The van der Waals surface area contributed by atoms with Crippen molar-refractivity contribution in [1.82, 2.24) is 9.88 Å². The second kappa shape index (κ2) is 7.08. The maximum absolute atomic E-state index is 12.0. The van der Waals surface area contributed by atoms with Gasteiger partial charge in [-0.1, -0.05) is 12.1 Å². The number of nitrogens with zero attached hydrogens (tertiary/aromatic N) is 2. The summed E-state index contributed by atoms with van der Waals surface area (Å²) < 4.78 is 6.09. The van der Waals surface area contributed by atoms with Crippen LogP contribution in [0, 0.1) is 0 Å². The van der Waals surface area contributed by atoms with Gasteiger partial charge in [-0.15, -0.1) is 0 Å². The fraction of sp³-hybridized carbons (Fsp3) is 0.429. The number of hydrogen-bond acceptors (Lipinski definition) is 4. The lowest BCUT2D eigenvalue weighted by atomic mass is 9.91. The van der Waals surface area contributed by atoms with Crippen LogP contribution in [0.2, 0.25) is 0 Å². The normalized spacial score (nSPS) is 19.1. The van der Waals surface area contributed by atoms with Gasteiger partial charge in [-0.25, -0.2) is 4.79 Å². The first kappa shape index (κ1) is 17.0. The molecule has 1 aliphatic carbocycles. The third-order valence-electron chi connectivity index (χ3n) is 5.55. The van der Waals surface area contributed by atoms with Gasteiger partial charge in [0.15, 0.2) is 0 Å². The Hall–Kier alpha value is -2.40. The molecule has 4 rings (SSSR count). The van der Waals surface area contributed by atoms with Gasteiger partial charge in [-0.3, -0.25) is 9.88 Å². The van der Waals surface area contributed by atoms with Crippen LogP contribution in [0.4, 0.5) is 0 Å². The monoisotopic (exact) mass is 352 g/mol. The highest BCUT2D eigenvalue weighted by molar-refractivity contribution is 5.78. The minimum absolute atomic E-state index is 0.478. The zero-order valence-corrected chi connectivity index (χ0v) is 14.9. The predicted molar refractivity (Wildman–Crippen MR) is 98.2 cm³/mol.